The fraction of sp³-hybridized carbons (Fsp3) is 0.333. The molecule has 5 heteroatoms. The van der Waals surface area contributed by atoms with Crippen molar-refractivity contribution in [1.29, 1.82) is 0 Å². The molecule has 0 radical (unpaired) electrons. The molecule has 0 bridgehead atoms. The monoisotopic (exact) mass is 506 g/mol. The molecule has 3 aliphatic rings. The van der Waals surface area contributed by atoms with Crippen molar-refractivity contribution in [1.82, 2.24) is 9.80 Å². The first-order chi connectivity index (χ1) is 18.7. The fourth-order valence-electron chi connectivity index (χ4n) is 6.41. The predicted octanol–water partition coefficient (Wildman–Crippen LogP) is 6.74. The summed E-state index contributed by atoms with van der Waals surface area (Å²) >= 11 is 0. The minimum atomic E-state index is -0.508. The average Bonchev–Trinajstić information content (AvgIpc) is 3.29. The van der Waals surface area contributed by atoms with Crippen LogP contribution in [0.5, 0.6) is 0 Å². The van der Waals surface area contributed by atoms with Gasteiger partial charge in [0.05, 0.1) is 0 Å². The van der Waals surface area contributed by atoms with Gasteiger partial charge in [0.1, 0.15) is 12.6 Å². The molecule has 3 aromatic rings. The summed E-state index contributed by atoms with van der Waals surface area (Å²) in [4.78, 5) is 30.7. The number of benzene rings is 3. The Balaban J connectivity index is 1.20. The van der Waals surface area contributed by atoms with Gasteiger partial charge in [0.15, 0.2) is 0 Å². The van der Waals surface area contributed by atoms with Crippen LogP contribution in [0.4, 0.5) is 4.79 Å². The minimum absolute atomic E-state index is 0.00355. The summed E-state index contributed by atoms with van der Waals surface area (Å²) in [6.45, 7) is 0.849. The van der Waals surface area contributed by atoms with Crippen LogP contribution in [0.2, 0.25) is 0 Å². The molecule has 0 N–H and O–H groups in total. The molecule has 6 rings (SSSR count). The molecule has 3 aromatic carbocycles. The molecule has 2 aliphatic carbocycles. The zero-order valence-electron chi connectivity index (χ0n) is 21.7. The molecule has 0 aromatic heterocycles. The normalized spacial score (nSPS) is 19.4. The zero-order chi connectivity index (χ0) is 25.9. The van der Waals surface area contributed by atoms with Crippen LogP contribution in [0.3, 0.4) is 0 Å². The standard InChI is InChI=1S/C33H34N2O3/c36-32-31(25-13-5-2-6-14-25)35(22-21-34(32)20-19-24-11-3-1-4-12-24)33(37)38-23-30-28-17-9-7-15-26(28)27-16-8-10-18-29(27)30/h1,3-4,7-12,15-18,21-22,25,30-31H,2,5-6,13-14,19-20,23H2/t31-/m1/s1. The number of carbonyl (C=O) groups excluding carboxylic acids is 2. The van der Waals surface area contributed by atoms with E-state index < -0.39 is 12.1 Å². The van der Waals surface area contributed by atoms with E-state index in [0.717, 1.165) is 32.1 Å². The lowest BCUT2D eigenvalue weighted by Gasteiger charge is -2.40. The third-order valence-corrected chi connectivity index (χ3v) is 8.37. The van der Waals surface area contributed by atoms with E-state index in [1.165, 1.54) is 34.2 Å². The summed E-state index contributed by atoms with van der Waals surface area (Å²) in [5.41, 5.74) is 5.96. The molecule has 1 fully saturated rings. The number of nitrogens with zero attached hydrogens (tertiary/aromatic N) is 2. The Morgan fingerprint density at radius 2 is 1.42 bits per heavy atom. The van der Waals surface area contributed by atoms with Gasteiger partial charge >= 0.3 is 6.09 Å². The predicted molar refractivity (Wildman–Crippen MR) is 148 cm³/mol. The smallest absolute Gasteiger partial charge is 0.414 e. The van der Waals surface area contributed by atoms with Crippen molar-refractivity contribution < 1.29 is 14.3 Å². The Labute approximate surface area is 224 Å². The SMILES string of the molecule is O=C1[C@@H](C2CCCCC2)N(C(=O)OCC2c3ccccc3-c3ccccc32)C=CN1CCc1ccccc1. The second-order valence-corrected chi connectivity index (χ2v) is 10.6. The molecular formula is C33H34N2O3. The quantitative estimate of drug-likeness (QED) is 0.372. The second kappa shape index (κ2) is 10.9. The van der Waals surface area contributed by atoms with Gasteiger partial charge in [-0.1, -0.05) is 98.1 Å². The Kier molecular flexibility index (Phi) is 7.00. The van der Waals surface area contributed by atoms with Crippen molar-refractivity contribution in [2.45, 2.75) is 50.5 Å². The van der Waals surface area contributed by atoms with Gasteiger partial charge in [-0.2, -0.15) is 0 Å². The minimum Gasteiger partial charge on any atom is -0.448 e. The number of fused-ring (bicyclic) bond motifs is 3. The number of hydrogen-bond donors (Lipinski definition) is 0. The van der Waals surface area contributed by atoms with Crippen molar-refractivity contribution in [3.8, 4) is 11.1 Å². The van der Waals surface area contributed by atoms with Gasteiger partial charge in [0.25, 0.3) is 0 Å². The van der Waals surface area contributed by atoms with E-state index in [1.807, 2.05) is 42.5 Å². The molecule has 38 heavy (non-hydrogen) atoms. The molecular weight excluding hydrogens is 472 g/mol. The van der Waals surface area contributed by atoms with Gasteiger partial charge < -0.3 is 9.64 Å². The van der Waals surface area contributed by atoms with Gasteiger partial charge in [0, 0.05) is 24.9 Å². The first-order valence-corrected chi connectivity index (χ1v) is 13.9. The number of ether oxygens (including phenoxy) is 1. The highest BCUT2D eigenvalue weighted by atomic mass is 16.6. The van der Waals surface area contributed by atoms with Crippen LogP contribution in [0.25, 0.3) is 11.1 Å². The molecule has 2 amide bonds. The highest BCUT2D eigenvalue weighted by molar-refractivity contribution is 5.89. The number of carbonyl (C=O) groups is 2. The van der Waals surface area contributed by atoms with Crippen molar-refractivity contribution >= 4 is 12.0 Å². The zero-order valence-corrected chi connectivity index (χ0v) is 21.7. The van der Waals surface area contributed by atoms with Crippen molar-refractivity contribution in [3.05, 3.63) is 108 Å². The van der Waals surface area contributed by atoms with Crippen LogP contribution in [0.15, 0.2) is 91.3 Å². The lowest BCUT2D eigenvalue weighted by atomic mass is 9.82. The Morgan fingerprint density at radius 3 is 2.11 bits per heavy atom. The first kappa shape index (κ1) is 24.5. The van der Waals surface area contributed by atoms with E-state index in [0.29, 0.717) is 6.54 Å². The van der Waals surface area contributed by atoms with E-state index in [1.54, 1.807) is 22.2 Å². The number of amides is 2. The second-order valence-electron chi connectivity index (χ2n) is 10.6. The molecule has 0 saturated heterocycles. The van der Waals surface area contributed by atoms with Crippen molar-refractivity contribution in [2.24, 2.45) is 5.92 Å². The Bertz CT molecular complexity index is 1280. The lowest BCUT2D eigenvalue weighted by Crippen LogP contribution is -2.55. The van der Waals surface area contributed by atoms with E-state index in [4.69, 9.17) is 4.74 Å². The summed E-state index contributed by atoms with van der Waals surface area (Å²) in [5.74, 6) is 0.149. The van der Waals surface area contributed by atoms with Crippen molar-refractivity contribution in [3.63, 3.8) is 0 Å². The molecule has 0 spiro atoms. The van der Waals surface area contributed by atoms with Crippen molar-refractivity contribution in [2.75, 3.05) is 13.2 Å². The van der Waals surface area contributed by atoms with Gasteiger partial charge in [-0.25, -0.2) is 4.79 Å². The maximum Gasteiger partial charge on any atom is 0.414 e. The fourth-order valence-corrected chi connectivity index (χ4v) is 6.41. The van der Waals surface area contributed by atoms with Crippen LogP contribution >= 0.6 is 0 Å². The summed E-state index contributed by atoms with van der Waals surface area (Å²) in [5, 5.41) is 0. The lowest BCUT2D eigenvalue weighted by molar-refractivity contribution is -0.136. The largest absolute Gasteiger partial charge is 0.448 e. The number of rotatable bonds is 6. The third-order valence-electron chi connectivity index (χ3n) is 8.37. The molecule has 1 aliphatic heterocycles. The van der Waals surface area contributed by atoms with Crippen LogP contribution < -0.4 is 0 Å². The van der Waals surface area contributed by atoms with E-state index in [-0.39, 0.29) is 24.3 Å². The number of hydrogen-bond acceptors (Lipinski definition) is 3. The molecule has 5 nitrogen and oxygen atoms in total. The molecule has 1 saturated carbocycles. The van der Waals surface area contributed by atoms with Crippen LogP contribution in [0.1, 0.15) is 54.7 Å². The molecule has 0 unspecified atom stereocenters. The van der Waals surface area contributed by atoms with E-state index >= 15 is 0 Å². The maximum atomic E-state index is 13.8. The average molecular weight is 507 g/mol. The van der Waals surface area contributed by atoms with Crippen LogP contribution in [0, 0.1) is 5.92 Å². The summed E-state index contributed by atoms with van der Waals surface area (Å²) in [6, 6.07) is 26.4. The molecule has 194 valence electrons. The van der Waals surface area contributed by atoms with Gasteiger partial charge in [0.2, 0.25) is 5.91 Å². The molecule has 1 heterocycles. The van der Waals surface area contributed by atoms with Crippen LogP contribution in [-0.2, 0) is 16.0 Å². The van der Waals surface area contributed by atoms with Gasteiger partial charge in [-0.15, -0.1) is 0 Å². The topological polar surface area (TPSA) is 49.9 Å². The van der Waals surface area contributed by atoms with Gasteiger partial charge in [-0.05, 0) is 53.0 Å². The van der Waals surface area contributed by atoms with Gasteiger partial charge in [-0.3, -0.25) is 9.69 Å². The van der Waals surface area contributed by atoms with Crippen LogP contribution in [-0.4, -0.2) is 41.0 Å². The summed E-state index contributed by atoms with van der Waals surface area (Å²) < 4.78 is 5.98. The first-order valence-electron chi connectivity index (χ1n) is 13.9. The highest BCUT2D eigenvalue weighted by Crippen LogP contribution is 2.44. The Hall–Kier alpha value is -3.86. The summed E-state index contributed by atoms with van der Waals surface area (Å²) in [7, 11) is 0. The summed E-state index contributed by atoms with van der Waals surface area (Å²) in [6.07, 6.45) is 9.18. The maximum absolute atomic E-state index is 13.8. The molecule has 1 atom stereocenters. The third kappa shape index (κ3) is 4.73. The van der Waals surface area contributed by atoms with E-state index in [9.17, 15) is 9.59 Å². The Morgan fingerprint density at radius 1 is 0.789 bits per heavy atom. The van der Waals surface area contributed by atoms with E-state index in [2.05, 4.69) is 36.4 Å². The highest BCUT2D eigenvalue weighted by Gasteiger charge is 2.41.